The first-order chi connectivity index (χ1) is 6.76. The Bertz CT molecular complexity index is 335. The summed E-state index contributed by atoms with van der Waals surface area (Å²) in [5.74, 6) is 11.3. The molecule has 1 aromatic heterocycles. The van der Waals surface area contributed by atoms with Crippen molar-refractivity contribution in [1.29, 1.82) is 0 Å². The number of nitrogens with zero attached hydrogens (tertiary/aromatic N) is 1. The average Bonchev–Trinajstić information content (AvgIpc) is 2.58. The van der Waals surface area contributed by atoms with Crippen molar-refractivity contribution >= 4 is 11.3 Å². The van der Waals surface area contributed by atoms with E-state index in [1.54, 1.807) is 11.3 Å². The molecule has 14 heavy (non-hydrogen) atoms. The minimum Gasteiger partial charge on any atom is -0.271 e. The molecule has 1 atom stereocenters. The SMILES string of the molecule is CC#CCC(Cc1nc(C)cs1)NN. The Morgan fingerprint density at radius 1 is 1.71 bits per heavy atom. The molecule has 0 aliphatic rings. The molecule has 4 heteroatoms. The second kappa shape index (κ2) is 5.76. The van der Waals surface area contributed by atoms with E-state index in [4.69, 9.17) is 5.84 Å². The maximum Gasteiger partial charge on any atom is 0.0944 e. The third-order valence-electron chi connectivity index (χ3n) is 1.85. The molecule has 0 saturated heterocycles. The van der Waals surface area contributed by atoms with Crippen LogP contribution in [-0.4, -0.2) is 11.0 Å². The van der Waals surface area contributed by atoms with E-state index >= 15 is 0 Å². The molecule has 0 saturated carbocycles. The van der Waals surface area contributed by atoms with Crippen molar-refractivity contribution in [1.82, 2.24) is 10.4 Å². The molecule has 0 bridgehead atoms. The van der Waals surface area contributed by atoms with Crippen LogP contribution < -0.4 is 11.3 Å². The number of aryl methyl sites for hydroxylation is 1. The van der Waals surface area contributed by atoms with Gasteiger partial charge in [0.15, 0.2) is 0 Å². The van der Waals surface area contributed by atoms with E-state index in [0.717, 1.165) is 23.5 Å². The van der Waals surface area contributed by atoms with Gasteiger partial charge in [0.2, 0.25) is 0 Å². The molecule has 1 heterocycles. The van der Waals surface area contributed by atoms with Gasteiger partial charge in [-0.3, -0.25) is 11.3 Å². The standard InChI is InChI=1S/C10H15N3S/c1-3-4-5-9(13-11)6-10-12-8(2)7-14-10/h7,9,13H,5-6,11H2,1-2H3. The Hall–Kier alpha value is -0.890. The second-order valence-electron chi connectivity index (χ2n) is 3.08. The Balaban J connectivity index is 2.50. The van der Waals surface area contributed by atoms with Crippen molar-refractivity contribution < 1.29 is 0 Å². The first kappa shape index (κ1) is 11.2. The topological polar surface area (TPSA) is 50.9 Å². The number of hydrazine groups is 1. The monoisotopic (exact) mass is 209 g/mol. The molecular formula is C10H15N3S. The quantitative estimate of drug-likeness (QED) is 0.445. The van der Waals surface area contributed by atoms with E-state index < -0.39 is 0 Å². The predicted molar refractivity (Wildman–Crippen MR) is 59.7 cm³/mol. The van der Waals surface area contributed by atoms with Crippen LogP contribution in [0.2, 0.25) is 0 Å². The van der Waals surface area contributed by atoms with Gasteiger partial charge in [0.05, 0.1) is 5.01 Å². The summed E-state index contributed by atoms with van der Waals surface area (Å²) in [6, 6.07) is 0.202. The normalized spacial score (nSPS) is 11.9. The molecule has 76 valence electrons. The predicted octanol–water partition coefficient (Wildman–Crippen LogP) is 1.24. The highest BCUT2D eigenvalue weighted by Gasteiger charge is 2.08. The third kappa shape index (κ3) is 3.46. The lowest BCUT2D eigenvalue weighted by atomic mass is 10.1. The number of nitrogens with one attached hydrogen (secondary N) is 1. The molecule has 3 N–H and O–H groups in total. The van der Waals surface area contributed by atoms with Crippen molar-refractivity contribution in [3.8, 4) is 11.8 Å². The molecule has 1 rings (SSSR count). The summed E-state index contributed by atoms with van der Waals surface area (Å²) in [6.07, 6.45) is 1.62. The number of aromatic nitrogens is 1. The molecule has 1 aromatic rings. The zero-order valence-corrected chi connectivity index (χ0v) is 9.32. The summed E-state index contributed by atoms with van der Waals surface area (Å²) in [7, 11) is 0. The van der Waals surface area contributed by atoms with Crippen LogP contribution in [0.1, 0.15) is 24.0 Å². The summed E-state index contributed by atoms with van der Waals surface area (Å²) in [6.45, 7) is 3.83. The van der Waals surface area contributed by atoms with Crippen LogP contribution in [0.4, 0.5) is 0 Å². The van der Waals surface area contributed by atoms with Crippen molar-refractivity contribution in [3.63, 3.8) is 0 Å². The summed E-state index contributed by atoms with van der Waals surface area (Å²) in [4.78, 5) is 4.38. The molecule has 0 aliphatic carbocycles. The van der Waals surface area contributed by atoms with Crippen LogP contribution in [0, 0.1) is 18.8 Å². The highest BCUT2D eigenvalue weighted by molar-refractivity contribution is 7.09. The Morgan fingerprint density at radius 3 is 3.00 bits per heavy atom. The first-order valence-corrected chi connectivity index (χ1v) is 5.41. The van der Waals surface area contributed by atoms with Gasteiger partial charge < -0.3 is 0 Å². The van der Waals surface area contributed by atoms with Crippen LogP contribution in [0.25, 0.3) is 0 Å². The first-order valence-electron chi connectivity index (χ1n) is 4.53. The number of thiazole rings is 1. The molecular weight excluding hydrogens is 194 g/mol. The number of hydrogen-bond acceptors (Lipinski definition) is 4. The van der Waals surface area contributed by atoms with Gasteiger partial charge in [-0.25, -0.2) is 4.98 Å². The molecule has 0 aromatic carbocycles. The van der Waals surface area contributed by atoms with Gasteiger partial charge in [-0.1, -0.05) is 0 Å². The van der Waals surface area contributed by atoms with Gasteiger partial charge in [-0.15, -0.1) is 23.2 Å². The van der Waals surface area contributed by atoms with E-state index in [-0.39, 0.29) is 6.04 Å². The smallest absolute Gasteiger partial charge is 0.0944 e. The van der Waals surface area contributed by atoms with Gasteiger partial charge in [-0.2, -0.15) is 0 Å². The molecule has 0 radical (unpaired) electrons. The third-order valence-corrected chi connectivity index (χ3v) is 2.84. The van der Waals surface area contributed by atoms with Crippen LogP contribution in [0.5, 0.6) is 0 Å². The van der Waals surface area contributed by atoms with Gasteiger partial charge in [0, 0.05) is 30.0 Å². The molecule has 3 nitrogen and oxygen atoms in total. The fourth-order valence-electron chi connectivity index (χ4n) is 1.12. The zero-order valence-electron chi connectivity index (χ0n) is 8.50. The minimum absolute atomic E-state index is 0.202. The fourth-order valence-corrected chi connectivity index (χ4v) is 1.98. The van der Waals surface area contributed by atoms with Crippen LogP contribution >= 0.6 is 11.3 Å². The van der Waals surface area contributed by atoms with Gasteiger partial charge in [0.25, 0.3) is 0 Å². The lowest BCUT2D eigenvalue weighted by Crippen LogP contribution is -2.36. The van der Waals surface area contributed by atoms with E-state index in [2.05, 4.69) is 27.6 Å². The maximum atomic E-state index is 5.43. The van der Waals surface area contributed by atoms with Crippen molar-refractivity contribution in [2.24, 2.45) is 5.84 Å². The summed E-state index contributed by atoms with van der Waals surface area (Å²) in [5, 5.41) is 3.16. The molecule has 0 fully saturated rings. The summed E-state index contributed by atoms with van der Waals surface area (Å²) in [5.41, 5.74) is 3.83. The minimum atomic E-state index is 0.202. The molecule has 0 spiro atoms. The highest BCUT2D eigenvalue weighted by Crippen LogP contribution is 2.11. The van der Waals surface area contributed by atoms with E-state index in [1.807, 2.05) is 13.8 Å². The lowest BCUT2D eigenvalue weighted by molar-refractivity contribution is 0.535. The van der Waals surface area contributed by atoms with Gasteiger partial charge in [-0.05, 0) is 13.8 Å². The van der Waals surface area contributed by atoms with Crippen LogP contribution in [0.3, 0.4) is 0 Å². The molecule has 1 unspecified atom stereocenters. The van der Waals surface area contributed by atoms with Crippen molar-refractivity contribution in [3.05, 3.63) is 16.1 Å². The Kier molecular flexibility index (Phi) is 4.60. The van der Waals surface area contributed by atoms with Gasteiger partial charge in [0.1, 0.15) is 0 Å². The summed E-state index contributed by atoms with van der Waals surface area (Å²) >= 11 is 1.67. The van der Waals surface area contributed by atoms with Crippen molar-refractivity contribution in [2.45, 2.75) is 32.7 Å². The fraction of sp³-hybridized carbons (Fsp3) is 0.500. The number of rotatable bonds is 4. The number of nitrogens with two attached hydrogens (primary N) is 1. The maximum absolute atomic E-state index is 5.43. The largest absolute Gasteiger partial charge is 0.271 e. The highest BCUT2D eigenvalue weighted by atomic mass is 32.1. The van der Waals surface area contributed by atoms with E-state index in [1.165, 1.54) is 0 Å². The van der Waals surface area contributed by atoms with E-state index in [9.17, 15) is 0 Å². The Labute approximate surface area is 88.7 Å². The number of hydrogen-bond donors (Lipinski definition) is 2. The van der Waals surface area contributed by atoms with Crippen molar-refractivity contribution in [2.75, 3.05) is 0 Å². The van der Waals surface area contributed by atoms with E-state index in [0.29, 0.717) is 0 Å². The molecule has 0 amide bonds. The molecule has 0 aliphatic heterocycles. The lowest BCUT2D eigenvalue weighted by Gasteiger charge is -2.10. The average molecular weight is 209 g/mol. The summed E-state index contributed by atoms with van der Waals surface area (Å²) < 4.78 is 0. The van der Waals surface area contributed by atoms with Gasteiger partial charge >= 0.3 is 0 Å². The van der Waals surface area contributed by atoms with Crippen LogP contribution in [0.15, 0.2) is 5.38 Å². The Morgan fingerprint density at radius 2 is 2.50 bits per heavy atom. The second-order valence-corrected chi connectivity index (χ2v) is 4.02. The van der Waals surface area contributed by atoms with Crippen LogP contribution in [-0.2, 0) is 6.42 Å². The zero-order chi connectivity index (χ0) is 10.4.